The highest BCUT2D eigenvalue weighted by atomic mass is 19.1. The zero-order valence-electron chi connectivity index (χ0n) is 21.4. The van der Waals surface area contributed by atoms with Crippen LogP contribution in [0, 0.1) is 18.2 Å². The van der Waals surface area contributed by atoms with Crippen LogP contribution in [0.1, 0.15) is 48.3 Å². The Kier molecular flexibility index (Phi) is 7.21. The van der Waals surface area contributed by atoms with Gasteiger partial charge in [0.2, 0.25) is 0 Å². The molecule has 0 saturated heterocycles. The van der Waals surface area contributed by atoms with Crippen molar-refractivity contribution in [3.63, 3.8) is 0 Å². The zero-order chi connectivity index (χ0) is 26.6. The van der Waals surface area contributed by atoms with E-state index in [0.717, 1.165) is 24.4 Å². The first-order valence-corrected chi connectivity index (χ1v) is 12.5. The van der Waals surface area contributed by atoms with Gasteiger partial charge in [-0.1, -0.05) is 12.8 Å². The van der Waals surface area contributed by atoms with Gasteiger partial charge in [-0.2, -0.15) is 0 Å². The molecule has 4 aromatic rings. The van der Waals surface area contributed by atoms with Gasteiger partial charge in [0, 0.05) is 36.9 Å². The number of hydrogen-bond donors (Lipinski definition) is 3. The van der Waals surface area contributed by atoms with Gasteiger partial charge in [-0.25, -0.2) is 19.3 Å². The molecule has 0 amide bonds. The molecule has 9 nitrogen and oxygen atoms in total. The average Bonchev–Trinajstić information content (AvgIpc) is 3.52. The van der Waals surface area contributed by atoms with Crippen LogP contribution in [-0.4, -0.2) is 31.3 Å². The topological polar surface area (TPSA) is 124 Å². The van der Waals surface area contributed by atoms with Crippen molar-refractivity contribution in [2.45, 2.75) is 45.3 Å². The summed E-state index contributed by atoms with van der Waals surface area (Å²) in [4.78, 5) is 12.7. The summed E-state index contributed by atoms with van der Waals surface area (Å²) in [5.41, 5.74) is 8.34. The van der Waals surface area contributed by atoms with Crippen molar-refractivity contribution < 1.29 is 13.9 Å². The Balaban J connectivity index is 1.29. The van der Waals surface area contributed by atoms with Crippen LogP contribution in [0.4, 0.5) is 16.0 Å². The first kappa shape index (κ1) is 25.2. The van der Waals surface area contributed by atoms with Gasteiger partial charge in [0.25, 0.3) is 0 Å². The third-order valence-electron chi connectivity index (χ3n) is 6.75. The number of nitrogens with zero attached hydrogens (tertiary/aromatic N) is 4. The number of aryl methyl sites for hydroxylation is 1. The fourth-order valence-corrected chi connectivity index (χ4v) is 4.51. The molecular weight excluding hydrogens is 485 g/mol. The first-order valence-electron chi connectivity index (χ1n) is 12.5. The van der Waals surface area contributed by atoms with Gasteiger partial charge in [0.1, 0.15) is 53.5 Å². The quantitative estimate of drug-likeness (QED) is 0.256. The summed E-state index contributed by atoms with van der Waals surface area (Å²) in [6, 6.07) is 11.5. The van der Waals surface area contributed by atoms with Gasteiger partial charge in [-0.15, -0.1) is 0 Å². The van der Waals surface area contributed by atoms with E-state index in [0.29, 0.717) is 40.2 Å². The third kappa shape index (κ3) is 5.59. The fourth-order valence-electron chi connectivity index (χ4n) is 4.51. The number of benzene rings is 2. The number of nitrogen functional groups attached to an aromatic ring is 1. The van der Waals surface area contributed by atoms with Crippen molar-refractivity contribution in [1.82, 2.24) is 19.5 Å². The second-order valence-electron chi connectivity index (χ2n) is 9.38. The summed E-state index contributed by atoms with van der Waals surface area (Å²) >= 11 is 0. The van der Waals surface area contributed by atoms with E-state index < -0.39 is 5.82 Å². The predicted molar refractivity (Wildman–Crippen MR) is 143 cm³/mol. The van der Waals surface area contributed by atoms with Gasteiger partial charge < -0.3 is 25.1 Å². The lowest BCUT2D eigenvalue weighted by Gasteiger charge is -2.17. The molecule has 2 aromatic heterocycles. The molecule has 0 atom stereocenters. The summed E-state index contributed by atoms with van der Waals surface area (Å²) in [5.74, 6) is 2.35. The summed E-state index contributed by atoms with van der Waals surface area (Å²) in [6.45, 7) is 2.15. The molecule has 5 rings (SSSR count). The lowest BCUT2D eigenvalue weighted by Crippen LogP contribution is -2.20. The fraction of sp³-hybridized carbons (Fsp3) is 0.286. The molecule has 2 heterocycles. The molecule has 1 aliphatic carbocycles. The maximum Gasteiger partial charge on any atom is 0.141 e. The van der Waals surface area contributed by atoms with E-state index in [2.05, 4.69) is 20.3 Å². The normalized spacial score (nSPS) is 13.4. The molecule has 10 heteroatoms. The molecule has 196 valence electrons. The smallest absolute Gasteiger partial charge is 0.141 e. The number of nitrogens with two attached hydrogens (primary N) is 1. The molecule has 2 aromatic carbocycles. The van der Waals surface area contributed by atoms with Crippen molar-refractivity contribution >= 4 is 17.3 Å². The number of rotatable bonds is 9. The number of nitrogens with one attached hydrogen (secondary N) is 2. The predicted octanol–water partition coefficient (Wildman–Crippen LogP) is 5.38. The largest absolute Gasteiger partial charge is 0.487 e. The van der Waals surface area contributed by atoms with Crippen LogP contribution >= 0.6 is 0 Å². The van der Waals surface area contributed by atoms with Gasteiger partial charge in [0.05, 0.1) is 23.2 Å². The van der Waals surface area contributed by atoms with Gasteiger partial charge in [-0.05, 0) is 44.0 Å². The molecule has 1 aliphatic rings. The highest BCUT2D eigenvalue weighted by Crippen LogP contribution is 2.30. The zero-order valence-corrected chi connectivity index (χ0v) is 21.4. The van der Waals surface area contributed by atoms with E-state index >= 15 is 0 Å². The van der Waals surface area contributed by atoms with Crippen molar-refractivity contribution in [3.8, 4) is 17.2 Å². The van der Waals surface area contributed by atoms with Gasteiger partial charge in [-0.3, -0.25) is 5.41 Å². The Morgan fingerprint density at radius 1 is 1.08 bits per heavy atom. The standard InChI is InChI=1S/C28H30FN7O2/c1-17-32-14-21(36(17)2)15-37-23-11-19(29)12-24(13-23)38-22-9-7-18(8-10-22)26(30)25-27(31)33-16-34-28(25)35-20-5-3-4-6-20/h7-14,16,20,30H,3-6,15H2,1-2H3,(H3,31,33,34,35). The first-order chi connectivity index (χ1) is 18.4. The Bertz CT molecular complexity index is 1450. The second-order valence-corrected chi connectivity index (χ2v) is 9.38. The maximum absolute atomic E-state index is 14.3. The number of imidazole rings is 1. The van der Waals surface area contributed by atoms with E-state index in [1.54, 1.807) is 36.5 Å². The van der Waals surface area contributed by atoms with Crippen LogP contribution in [0.2, 0.25) is 0 Å². The molecule has 0 bridgehead atoms. The van der Waals surface area contributed by atoms with Crippen LogP contribution in [0.25, 0.3) is 0 Å². The monoisotopic (exact) mass is 515 g/mol. The Labute approximate surface area is 220 Å². The molecule has 0 spiro atoms. The van der Waals surface area contributed by atoms with Crippen molar-refractivity contribution in [3.05, 3.63) is 83.5 Å². The van der Waals surface area contributed by atoms with Gasteiger partial charge in [0.15, 0.2) is 0 Å². The highest BCUT2D eigenvalue weighted by Gasteiger charge is 2.21. The van der Waals surface area contributed by atoms with Crippen LogP contribution in [0.5, 0.6) is 17.2 Å². The average molecular weight is 516 g/mol. The maximum atomic E-state index is 14.3. The summed E-state index contributed by atoms with van der Waals surface area (Å²) in [6.07, 6.45) is 7.63. The summed E-state index contributed by atoms with van der Waals surface area (Å²) < 4.78 is 27.9. The van der Waals surface area contributed by atoms with Crippen LogP contribution in [0.3, 0.4) is 0 Å². The lowest BCUT2D eigenvalue weighted by atomic mass is 10.0. The van der Waals surface area contributed by atoms with Crippen LogP contribution in [0.15, 0.2) is 55.0 Å². The number of ether oxygens (including phenoxy) is 2. The number of hydrogen-bond acceptors (Lipinski definition) is 8. The molecule has 1 saturated carbocycles. The Morgan fingerprint density at radius 3 is 2.53 bits per heavy atom. The number of halogens is 1. The molecule has 38 heavy (non-hydrogen) atoms. The van der Waals surface area contributed by atoms with Crippen molar-refractivity contribution in [1.29, 1.82) is 5.41 Å². The SMILES string of the molecule is Cc1ncc(COc2cc(F)cc(Oc3ccc(C(=N)c4c(N)ncnc4NC4CCCC4)cc3)c2)n1C. The van der Waals surface area contributed by atoms with E-state index in [9.17, 15) is 4.39 Å². The molecule has 0 radical (unpaired) electrons. The van der Waals surface area contributed by atoms with E-state index in [1.165, 1.54) is 31.3 Å². The molecule has 1 fully saturated rings. The number of aromatic nitrogens is 4. The molecule has 0 aliphatic heterocycles. The third-order valence-corrected chi connectivity index (χ3v) is 6.75. The van der Waals surface area contributed by atoms with E-state index in [4.69, 9.17) is 20.6 Å². The molecule has 0 unspecified atom stereocenters. The summed E-state index contributed by atoms with van der Waals surface area (Å²) in [5, 5.41) is 12.2. The van der Waals surface area contributed by atoms with Crippen molar-refractivity contribution in [2.75, 3.05) is 11.1 Å². The van der Waals surface area contributed by atoms with Crippen LogP contribution < -0.4 is 20.5 Å². The molecular formula is C28H30FN7O2. The Morgan fingerprint density at radius 2 is 1.82 bits per heavy atom. The summed E-state index contributed by atoms with van der Waals surface area (Å²) in [7, 11) is 1.90. The second kappa shape index (κ2) is 10.9. The lowest BCUT2D eigenvalue weighted by molar-refractivity contribution is 0.293. The minimum Gasteiger partial charge on any atom is -0.487 e. The number of anilines is 2. The highest BCUT2D eigenvalue weighted by molar-refractivity contribution is 6.16. The van der Waals surface area contributed by atoms with Crippen LogP contribution in [-0.2, 0) is 13.7 Å². The van der Waals surface area contributed by atoms with Gasteiger partial charge >= 0.3 is 0 Å². The minimum absolute atomic E-state index is 0.210. The Hall–Kier alpha value is -4.47. The van der Waals surface area contributed by atoms with E-state index in [-0.39, 0.29) is 18.1 Å². The molecule has 4 N–H and O–H groups in total. The van der Waals surface area contributed by atoms with Crippen molar-refractivity contribution in [2.24, 2.45) is 7.05 Å². The minimum atomic E-state index is -0.473. The van der Waals surface area contributed by atoms with E-state index in [1.807, 2.05) is 18.5 Å².